The lowest BCUT2D eigenvalue weighted by atomic mass is 9.94. The second-order valence-corrected chi connectivity index (χ2v) is 7.94. The van der Waals surface area contributed by atoms with Crippen LogP contribution in [-0.2, 0) is 0 Å². The first-order valence-corrected chi connectivity index (χ1v) is 9.78. The maximum Gasteiger partial charge on any atom is 0.127 e. The second-order valence-electron chi connectivity index (χ2n) is 6.91. The number of aromatic nitrogens is 1. The molecule has 126 valence electrons. The quantitative estimate of drug-likeness (QED) is 0.447. The number of rotatable bonds is 2. The van der Waals surface area contributed by atoms with E-state index in [1.807, 2.05) is 0 Å². The fourth-order valence-electron chi connectivity index (χ4n) is 4.00. The van der Waals surface area contributed by atoms with E-state index in [4.69, 9.17) is 4.98 Å². The van der Waals surface area contributed by atoms with Crippen molar-refractivity contribution in [3.05, 3.63) is 48.3 Å². The molecule has 1 N–H and O–H groups in total. The molecule has 1 aliphatic rings. The van der Waals surface area contributed by atoms with Gasteiger partial charge in [-0.25, -0.2) is 9.37 Å². The Balaban J connectivity index is 1.82. The molecule has 4 aromatic rings. The molecule has 0 unspecified atom stereocenters. The van der Waals surface area contributed by atoms with Crippen molar-refractivity contribution in [1.29, 1.82) is 0 Å². The van der Waals surface area contributed by atoms with Crippen molar-refractivity contribution in [3.8, 4) is 0 Å². The lowest BCUT2D eigenvalue weighted by Crippen LogP contribution is -2.22. The van der Waals surface area contributed by atoms with Gasteiger partial charge in [0, 0.05) is 26.9 Å². The van der Waals surface area contributed by atoms with Crippen LogP contribution in [0.5, 0.6) is 0 Å². The second kappa shape index (κ2) is 5.95. The number of hydrogen-bond acceptors (Lipinski definition) is 3. The Morgan fingerprint density at radius 2 is 1.84 bits per heavy atom. The van der Waals surface area contributed by atoms with Crippen LogP contribution >= 0.6 is 11.3 Å². The predicted octanol–water partition coefficient (Wildman–Crippen LogP) is 6.49. The third-order valence-corrected chi connectivity index (χ3v) is 6.30. The molecule has 25 heavy (non-hydrogen) atoms. The molecule has 5 rings (SSSR count). The number of benzene rings is 2. The van der Waals surface area contributed by atoms with Crippen LogP contribution in [0.15, 0.2) is 42.5 Å². The lowest BCUT2D eigenvalue weighted by molar-refractivity contribution is 0.463. The van der Waals surface area contributed by atoms with Crippen LogP contribution in [0, 0.1) is 5.82 Å². The molecule has 0 atom stereocenters. The molecule has 1 aliphatic carbocycles. The van der Waals surface area contributed by atoms with Gasteiger partial charge in [0.2, 0.25) is 0 Å². The van der Waals surface area contributed by atoms with E-state index in [1.54, 1.807) is 23.5 Å². The van der Waals surface area contributed by atoms with Gasteiger partial charge in [0.1, 0.15) is 10.6 Å². The van der Waals surface area contributed by atoms with Crippen molar-refractivity contribution in [2.75, 3.05) is 5.32 Å². The molecule has 1 fully saturated rings. The summed E-state index contributed by atoms with van der Waals surface area (Å²) in [6.07, 6.45) is 6.22. The van der Waals surface area contributed by atoms with Gasteiger partial charge in [-0.2, -0.15) is 0 Å². The molecule has 0 aliphatic heterocycles. The molecule has 2 heterocycles. The topological polar surface area (TPSA) is 24.9 Å². The number of pyridine rings is 1. The summed E-state index contributed by atoms with van der Waals surface area (Å²) >= 11 is 1.71. The van der Waals surface area contributed by atoms with Gasteiger partial charge in [-0.05, 0) is 37.1 Å². The Bertz CT molecular complexity index is 1080. The Morgan fingerprint density at radius 3 is 2.72 bits per heavy atom. The van der Waals surface area contributed by atoms with Crippen molar-refractivity contribution in [2.45, 2.75) is 38.1 Å². The minimum absolute atomic E-state index is 0.208. The Kier molecular flexibility index (Phi) is 3.59. The van der Waals surface area contributed by atoms with Gasteiger partial charge in [0.05, 0.1) is 11.2 Å². The smallest absolute Gasteiger partial charge is 0.127 e. The van der Waals surface area contributed by atoms with Crippen molar-refractivity contribution in [2.24, 2.45) is 0 Å². The molecule has 2 aromatic heterocycles. The number of anilines is 1. The van der Waals surface area contributed by atoms with Crippen LogP contribution in [0.4, 0.5) is 10.1 Å². The zero-order valence-electron chi connectivity index (χ0n) is 13.9. The van der Waals surface area contributed by atoms with Gasteiger partial charge >= 0.3 is 0 Å². The highest BCUT2D eigenvalue weighted by Crippen LogP contribution is 2.41. The molecular weight excluding hydrogens is 331 g/mol. The summed E-state index contributed by atoms with van der Waals surface area (Å²) in [6.45, 7) is 0. The molecule has 0 amide bonds. The SMILES string of the molecule is Fc1ccc2nc3sc4ccccc4c3c(NC3CCCCC3)c2c1. The van der Waals surface area contributed by atoms with Crippen LogP contribution in [-0.4, -0.2) is 11.0 Å². The summed E-state index contributed by atoms with van der Waals surface area (Å²) in [4.78, 5) is 5.85. The Labute approximate surface area is 149 Å². The summed E-state index contributed by atoms with van der Waals surface area (Å²) in [5, 5.41) is 7.01. The monoisotopic (exact) mass is 350 g/mol. The minimum atomic E-state index is -0.208. The maximum atomic E-state index is 14.0. The number of nitrogens with zero attached hydrogens (tertiary/aromatic N) is 1. The van der Waals surface area contributed by atoms with E-state index < -0.39 is 0 Å². The van der Waals surface area contributed by atoms with Gasteiger partial charge in [0.25, 0.3) is 0 Å². The summed E-state index contributed by atoms with van der Waals surface area (Å²) < 4.78 is 15.2. The highest BCUT2D eigenvalue weighted by atomic mass is 32.1. The number of halogens is 1. The molecule has 2 aromatic carbocycles. The fraction of sp³-hybridized carbons (Fsp3) is 0.286. The van der Waals surface area contributed by atoms with E-state index in [0.29, 0.717) is 6.04 Å². The minimum Gasteiger partial charge on any atom is -0.381 e. The van der Waals surface area contributed by atoms with Gasteiger partial charge < -0.3 is 5.32 Å². The highest BCUT2D eigenvalue weighted by molar-refractivity contribution is 7.25. The molecule has 0 bridgehead atoms. The highest BCUT2D eigenvalue weighted by Gasteiger charge is 2.19. The van der Waals surface area contributed by atoms with Crippen LogP contribution in [0.3, 0.4) is 0 Å². The van der Waals surface area contributed by atoms with Gasteiger partial charge in [-0.1, -0.05) is 37.5 Å². The zero-order valence-corrected chi connectivity index (χ0v) is 14.7. The average Bonchev–Trinajstić information content (AvgIpc) is 3.01. The Hall–Kier alpha value is -2.20. The van der Waals surface area contributed by atoms with Crippen LogP contribution < -0.4 is 5.32 Å². The lowest BCUT2D eigenvalue weighted by Gasteiger charge is -2.25. The van der Waals surface area contributed by atoms with Crippen molar-refractivity contribution in [1.82, 2.24) is 4.98 Å². The summed E-state index contributed by atoms with van der Waals surface area (Å²) in [5.41, 5.74) is 1.92. The first kappa shape index (κ1) is 15.1. The van der Waals surface area contributed by atoms with Gasteiger partial charge in [-0.3, -0.25) is 0 Å². The molecular formula is C21H19FN2S. The summed E-state index contributed by atoms with van der Waals surface area (Å²) in [7, 11) is 0. The molecule has 2 nitrogen and oxygen atoms in total. The third kappa shape index (κ3) is 2.56. The largest absolute Gasteiger partial charge is 0.381 e. The van der Waals surface area contributed by atoms with Crippen molar-refractivity contribution < 1.29 is 4.39 Å². The van der Waals surface area contributed by atoms with E-state index in [1.165, 1.54) is 48.3 Å². The maximum absolute atomic E-state index is 14.0. The normalized spacial score (nSPS) is 16.0. The number of fused-ring (bicyclic) bond motifs is 4. The van der Waals surface area contributed by atoms with Crippen LogP contribution in [0.25, 0.3) is 31.2 Å². The van der Waals surface area contributed by atoms with Crippen LogP contribution in [0.2, 0.25) is 0 Å². The van der Waals surface area contributed by atoms with Crippen molar-refractivity contribution >= 4 is 48.2 Å². The van der Waals surface area contributed by atoms with Crippen molar-refractivity contribution in [3.63, 3.8) is 0 Å². The van der Waals surface area contributed by atoms with E-state index in [9.17, 15) is 4.39 Å². The van der Waals surface area contributed by atoms with E-state index in [0.717, 1.165) is 26.8 Å². The summed E-state index contributed by atoms with van der Waals surface area (Å²) in [6, 6.07) is 13.8. The Morgan fingerprint density at radius 1 is 1.00 bits per heavy atom. The number of nitrogens with one attached hydrogen (secondary N) is 1. The van der Waals surface area contributed by atoms with E-state index in [2.05, 4.69) is 29.6 Å². The zero-order chi connectivity index (χ0) is 16.8. The molecule has 0 spiro atoms. The average molecular weight is 350 g/mol. The fourth-order valence-corrected chi connectivity index (χ4v) is 5.10. The molecule has 0 radical (unpaired) electrons. The molecule has 1 saturated carbocycles. The third-order valence-electron chi connectivity index (χ3n) is 5.23. The van der Waals surface area contributed by atoms with Crippen LogP contribution in [0.1, 0.15) is 32.1 Å². The molecule has 4 heteroatoms. The number of hydrogen-bond donors (Lipinski definition) is 1. The summed E-state index contributed by atoms with van der Waals surface area (Å²) in [5.74, 6) is -0.208. The molecule has 0 saturated heterocycles. The predicted molar refractivity (Wildman–Crippen MR) is 105 cm³/mol. The van der Waals surface area contributed by atoms with Gasteiger partial charge in [-0.15, -0.1) is 11.3 Å². The standard InChI is InChI=1S/C21H19FN2S/c22-13-10-11-17-16(12-13)20(23-14-6-2-1-3-7-14)19-15-8-4-5-9-18(15)25-21(19)24-17/h4-5,8-12,14H,1-3,6-7H2,(H,23,24). The number of thiophene rings is 1. The van der Waals surface area contributed by atoms with E-state index in [-0.39, 0.29) is 5.82 Å². The van der Waals surface area contributed by atoms with Gasteiger partial charge in [0.15, 0.2) is 0 Å². The van der Waals surface area contributed by atoms with E-state index >= 15 is 0 Å². The first-order valence-electron chi connectivity index (χ1n) is 8.96. The first-order chi connectivity index (χ1) is 12.3.